The second-order valence-corrected chi connectivity index (χ2v) is 7.03. The van der Waals surface area contributed by atoms with Gasteiger partial charge in [0, 0.05) is 23.5 Å². The molecule has 1 aliphatic rings. The van der Waals surface area contributed by atoms with Crippen LogP contribution in [0.25, 0.3) is 0 Å². The standard InChI is InChI=1S/C22H24N2O5/c1-29-15-12-10-14(11-13-15)23-21(26)18-8-4-5-9-19(18)24-20(25)16-6-2-3-7-17(16)22(27)28/h4-5,8-13,16-17H,2-3,6-7H2,1H3,(H,23,26)(H,24,25)(H,27,28)/p-1/t16-,17-/m1/s1. The topological polar surface area (TPSA) is 108 Å². The van der Waals surface area contributed by atoms with Crippen LogP contribution < -0.4 is 20.5 Å². The number of hydrogen-bond donors (Lipinski definition) is 2. The summed E-state index contributed by atoms with van der Waals surface area (Å²) in [5, 5.41) is 16.9. The first kappa shape index (κ1) is 20.4. The first-order valence-corrected chi connectivity index (χ1v) is 9.55. The Hall–Kier alpha value is -3.35. The molecule has 0 aliphatic heterocycles. The van der Waals surface area contributed by atoms with E-state index in [1.165, 1.54) is 0 Å². The van der Waals surface area contributed by atoms with Crippen molar-refractivity contribution in [3.8, 4) is 5.75 Å². The van der Waals surface area contributed by atoms with E-state index in [0.717, 1.165) is 12.8 Å². The van der Waals surface area contributed by atoms with Crippen molar-refractivity contribution in [1.82, 2.24) is 0 Å². The Balaban J connectivity index is 1.74. The number of benzene rings is 2. The van der Waals surface area contributed by atoms with Gasteiger partial charge < -0.3 is 25.3 Å². The smallest absolute Gasteiger partial charge is 0.257 e. The summed E-state index contributed by atoms with van der Waals surface area (Å²) in [7, 11) is 1.56. The van der Waals surface area contributed by atoms with Crippen LogP contribution in [0.5, 0.6) is 5.75 Å². The van der Waals surface area contributed by atoms with Gasteiger partial charge in [0.05, 0.1) is 18.4 Å². The lowest BCUT2D eigenvalue weighted by Gasteiger charge is -2.31. The van der Waals surface area contributed by atoms with E-state index in [0.29, 0.717) is 30.0 Å². The van der Waals surface area contributed by atoms with Gasteiger partial charge in [0.15, 0.2) is 0 Å². The van der Waals surface area contributed by atoms with Crippen molar-refractivity contribution in [2.75, 3.05) is 17.7 Å². The first-order valence-electron chi connectivity index (χ1n) is 9.55. The molecule has 7 heteroatoms. The molecule has 1 saturated carbocycles. The summed E-state index contributed by atoms with van der Waals surface area (Å²) in [6.45, 7) is 0. The second kappa shape index (κ2) is 9.23. The van der Waals surface area contributed by atoms with E-state index in [4.69, 9.17) is 4.74 Å². The minimum Gasteiger partial charge on any atom is -0.550 e. The lowest BCUT2D eigenvalue weighted by molar-refractivity contribution is -0.313. The van der Waals surface area contributed by atoms with Crippen molar-refractivity contribution in [1.29, 1.82) is 0 Å². The number of methoxy groups -OCH3 is 1. The van der Waals surface area contributed by atoms with Crippen molar-refractivity contribution in [3.05, 3.63) is 54.1 Å². The van der Waals surface area contributed by atoms with Crippen LogP contribution in [0.1, 0.15) is 36.0 Å². The number of anilines is 2. The summed E-state index contributed by atoms with van der Waals surface area (Å²) < 4.78 is 5.10. The van der Waals surface area contributed by atoms with Gasteiger partial charge >= 0.3 is 0 Å². The number of rotatable bonds is 6. The summed E-state index contributed by atoms with van der Waals surface area (Å²) in [6, 6.07) is 13.5. The molecule has 0 spiro atoms. The molecule has 0 radical (unpaired) electrons. The predicted molar refractivity (Wildman–Crippen MR) is 106 cm³/mol. The number of carbonyl (C=O) groups excluding carboxylic acids is 3. The molecule has 2 aromatic rings. The number of carboxylic acids is 1. The zero-order valence-corrected chi connectivity index (χ0v) is 16.1. The van der Waals surface area contributed by atoms with Crippen molar-refractivity contribution in [2.24, 2.45) is 11.8 Å². The Bertz CT molecular complexity index is 894. The van der Waals surface area contributed by atoms with Crippen LogP contribution in [0, 0.1) is 11.8 Å². The van der Waals surface area contributed by atoms with Crippen LogP contribution >= 0.6 is 0 Å². The zero-order valence-electron chi connectivity index (χ0n) is 16.1. The third kappa shape index (κ3) is 4.93. The molecule has 2 amide bonds. The molecule has 1 aliphatic carbocycles. The number of carbonyl (C=O) groups is 3. The molecule has 152 valence electrons. The molecule has 0 aromatic heterocycles. The van der Waals surface area contributed by atoms with E-state index in [2.05, 4.69) is 10.6 Å². The summed E-state index contributed by atoms with van der Waals surface area (Å²) in [5.41, 5.74) is 1.21. The van der Waals surface area contributed by atoms with Gasteiger partial charge in [-0.25, -0.2) is 0 Å². The molecular formula is C22H23N2O5-. The molecule has 7 nitrogen and oxygen atoms in total. The predicted octanol–water partition coefficient (Wildman–Crippen LogP) is 2.44. The van der Waals surface area contributed by atoms with Crippen LogP contribution in [0.4, 0.5) is 11.4 Å². The number of para-hydroxylation sites is 1. The molecule has 0 bridgehead atoms. The fourth-order valence-electron chi connectivity index (χ4n) is 3.62. The molecule has 1 fully saturated rings. The van der Waals surface area contributed by atoms with Gasteiger partial charge in [0.1, 0.15) is 5.75 Å². The normalized spacial score (nSPS) is 18.5. The number of amides is 2. The molecule has 0 unspecified atom stereocenters. The minimum absolute atomic E-state index is 0.289. The number of ether oxygens (including phenoxy) is 1. The van der Waals surface area contributed by atoms with Gasteiger partial charge in [-0.3, -0.25) is 9.59 Å². The van der Waals surface area contributed by atoms with E-state index < -0.39 is 23.7 Å². The molecule has 0 saturated heterocycles. The Morgan fingerprint density at radius 1 is 0.931 bits per heavy atom. The molecule has 3 rings (SSSR count). The Kier molecular flexibility index (Phi) is 6.49. The van der Waals surface area contributed by atoms with Gasteiger partial charge in [-0.1, -0.05) is 25.0 Å². The Morgan fingerprint density at radius 3 is 2.24 bits per heavy atom. The van der Waals surface area contributed by atoms with Gasteiger partial charge in [-0.05, 0) is 49.2 Å². The van der Waals surface area contributed by atoms with Crippen LogP contribution in [0.3, 0.4) is 0 Å². The Labute approximate surface area is 169 Å². The average Bonchev–Trinajstić information content (AvgIpc) is 2.74. The van der Waals surface area contributed by atoms with Crippen LogP contribution in [-0.2, 0) is 9.59 Å². The van der Waals surface area contributed by atoms with Crippen molar-refractivity contribution in [3.63, 3.8) is 0 Å². The highest BCUT2D eigenvalue weighted by Crippen LogP contribution is 2.31. The van der Waals surface area contributed by atoms with Crippen LogP contribution in [0.15, 0.2) is 48.5 Å². The van der Waals surface area contributed by atoms with Crippen molar-refractivity contribution < 1.29 is 24.2 Å². The fraction of sp³-hybridized carbons (Fsp3) is 0.318. The highest BCUT2D eigenvalue weighted by atomic mass is 16.5. The maximum Gasteiger partial charge on any atom is 0.257 e. The fourth-order valence-corrected chi connectivity index (χ4v) is 3.62. The minimum atomic E-state index is -1.20. The Morgan fingerprint density at radius 2 is 1.59 bits per heavy atom. The van der Waals surface area contributed by atoms with E-state index in [1.54, 1.807) is 55.6 Å². The highest BCUT2D eigenvalue weighted by Gasteiger charge is 2.32. The molecule has 0 heterocycles. The molecule has 2 aromatic carbocycles. The van der Waals surface area contributed by atoms with Gasteiger partial charge in [-0.2, -0.15) is 0 Å². The lowest BCUT2D eigenvalue weighted by atomic mass is 9.78. The summed E-state index contributed by atoms with van der Waals surface area (Å²) in [5.74, 6) is -2.77. The largest absolute Gasteiger partial charge is 0.550 e. The summed E-state index contributed by atoms with van der Waals surface area (Å²) in [4.78, 5) is 36.8. The van der Waals surface area contributed by atoms with Crippen LogP contribution in [-0.4, -0.2) is 24.9 Å². The highest BCUT2D eigenvalue weighted by molar-refractivity contribution is 6.10. The monoisotopic (exact) mass is 395 g/mol. The SMILES string of the molecule is COc1ccc(NC(=O)c2ccccc2NC(=O)[C@@H]2CCCC[C@H]2C(=O)[O-])cc1. The summed E-state index contributed by atoms with van der Waals surface area (Å²) in [6.07, 6.45) is 2.48. The van der Waals surface area contributed by atoms with Gasteiger partial charge in [-0.15, -0.1) is 0 Å². The molecule has 29 heavy (non-hydrogen) atoms. The zero-order chi connectivity index (χ0) is 20.8. The average molecular weight is 395 g/mol. The van der Waals surface area contributed by atoms with E-state index >= 15 is 0 Å². The first-order chi connectivity index (χ1) is 14.0. The number of carboxylic acid groups (broad SMARTS) is 1. The third-order valence-electron chi connectivity index (χ3n) is 5.18. The van der Waals surface area contributed by atoms with Gasteiger partial charge in [0.2, 0.25) is 5.91 Å². The number of nitrogens with one attached hydrogen (secondary N) is 2. The molecular weight excluding hydrogens is 372 g/mol. The van der Waals surface area contributed by atoms with Crippen molar-refractivity contribution in [2.45, 2.75) is 25.7 Å². The van der Waals surface area contributed by atoms with Crippen molar-refractivity contribution >= 4 is 29.2 Å². The third-order valence-corrected chi connectivity index (χ3v) is 5.18. The summed E-state index contributed by atoms with van der Waals surface area (Å²) >= 11 is 0. The van der Waals surface area contributed by atoms with E-state index in [-0.39, 0.29) is 11.5 Å². The van der Waals surface area contributed by atoms with Gasteiger partial charge in [0.25, 0.3) is 5.91 Å². The second-order valence-electron chi connectivity index (χ2n) is 7.03. The van der Waals surface area contributed by atoms with E-state index in [1.807, 2.05) is 0 Å². The van der Waals surface area contributed by atoms with Crippen LogP contribution in [0.2, 0.25) is 0 Å². The molecule has 2 N–H and O–H groups in total. The lowest BCUT2D eigenvalue weighted by Crippen LogP contribution is -2.42. The molecule has 2 atom stereocenters. The number of hydrogen-bond acceptors (Lipinski definition) is 5. The van der Waals surface area contributed by atoms with E-state index in [9.17, 15) is 19.5 Å². The maximum atomic E-state index is 12.7. The maximum absolute atomic E-state index is 12.7. The quantitative estimate of drug-likeness (QED) is 0.781. The number of aliphatic carboxylic acids is 1.